The van der Waals surface area contributed by atoms with Crippen molar-refractivity contribution < 1.29 is 14.9 Å². The molecule has 0 aromatic rings. The first kappa shape index (κ1) is 9.71. The third kappa shape index (κ3) is 2.30. The summed E-state index contributed by atoms with van der Waals surface area (Å²) in [6.45, 7) is 4.10. The van der Waals surface area contributed by atoms with Crippen molar-refractivity contribution in [2.75, 3.05) is 6.61 Å². The topological polar surface area (TPSA) is 49.7 Å². The summed E-state index contributed by atoms with van der Waals surface area (Å²) in [6, 6.07) is 0. The molecule has 1 aliphatic rings. The average Bonchev–Trinajstić information content (AvgIpc) is 2.17. The molecule has 0 radical (unpaired) electrons. The molecule has 0 aromatic heterocycles. The lowest BCUT2D eigenvalue weighted by atomic mass is 10.0. The zero-order valence-electron chi connectivity index (χ0n) is 7.15. The number of aliphatic hydroxyl groups excluding tert-OH is 2. The van der Waals surface area contributed by atoms with Gasteiger partial charge in [-0.15, -0.1) is 6.58 Å². The van der Waals surface area contributed by atoms with Gasteiger partial charge in [-0.25, -0.2) is 0 Å². The minimum Gasteiger partial charge on any atom is -0.387 e. The first-order valence-electron chi connectivity index (χ1n) is 4.36. The number of hydrogen-bond donors (Lipinski definition) is 2. The van der Waals surface area contributed by atoms with Crippen molar-refractivity contribution in [1.82, 2.24) is 0 Å². The van der Waals surface area contributed by atoms with Crippen LogP contribution >= 0.6 is 0 Å². The lowest BCUT2D eigenvalue weighted by Gasteiger charge is -2.28. The van der Waals surface area contributed by atoms with E-state index in [0.717, 1.165) is 19.3 Å². The number of rotatable bonds is 3. The molecule has 3 nitrogen and oxygen atoms in total. The molecule has 3 unspecified atom stereocenters. The highest BCUT2D eigenvalue weighted by Crippen LogP contribution is 2.17. The fraction of sp³-hybridized carbons (Fsp3) is 0.778. The Balaban J connectivity index is 2.38. The summed E-state index contributed by atoms with van der Waals surface area (Å²) in [4.78, 5) is 0. The van der Waals surface area contributed by atoms with Crippen LogP contribution in [0, 0.1) is 0 Å². The zero-order chi connectivity index (χ0) is 8.97. The Morgan fingerprint density at radius 2 is 2.17 bits per heavy atom. The van der Waals surface area contributed by atoms with Crippen LogP contribution in [-0.2, 0) is 4.74 Å². The first-order valence-corrected chi connectivity index (χ1v) is 4.36. The molecule has 0 spiro atoms. The molecule has 1 heterocycles. The Labute approximate surface area is 72.7 Å². The molecule has 0 amide bonds. The number of hydrogen-bond acceptors (Lipinski definition) is 3. The molecule has 0 bridgehead atoms. The SMILES string of the molecule is C=CC(O)C(O)C1CCCCO1. The maximum Gasteiger partial charge on any atom is 0.110 e. The van der Waals surface area contributed by atoms with Crippen LogP contribution in [0.3, 0.4) is 0 Å². The maximum absolute atomic E-state index is 9.50. The van der Waals surface area contributed by atoms with Crippen LogP contribution in [0.1, 0.15) is 19.3 Å². The van der Waals surface area contributed by atoms with Gasteiger partial charge in [-0.1, -0.05) is 6.08 Å². The van der Waals surface area contributed by atoms with Crippen LogP contribution in [-0.4, -0.2) is 35.1 Å². The molecule has 0 aromatic carbocycles. The van der Waals surface area contributed by atoms with Crippen LogP contribution in [0.2, 0.25) is 0 Å². The van der Waals surface area contributed by atoms with Crippen molar-refractivity contribution >= 4 is 0 Å². The summed E-state index contributed by atoms with van der Waals surface area (Å²) >= 11 is 0. The predicted molar refractivity (Wildman–Crippen MR) is 45.8 cm³/mol. The van der Waals surface area contributed by atoms with Crippen LogP contribution in [0.4, 0.5) is 0 Å². The second kappa shape index (κ2) is 4.60. The Kier molecular flexibility index (Phi) is 3.72. The van der Waals surface area contributed by atoms with E-state index in [9.17, 15) is 10.2 Å². The molecule has 0 aliphatic carbocycles. The van der Waals surface area contributed by atoms with E-state index in [1.54, 1.807) is 0 Å². The van der Waals surface area contributed by atoms with Crippen LogP contribution in [0.15, 0.2) is 12.7 Å². The summed E-state index contributed by atoms with van der Waals surface area (Å²) in [5.41, 5.74) is 0. The molecular formula is C9H16O3. The van der Waals surface area contributed by atoms with E-state index in [1.807, 2.05) is 0 Å². The van der Waals surface area contributed by atoms with Gasteiger partial charge in [0, 0.05) is 6.61 Å². The normalized spacial score (nSPS) is 29.3. The summed E-state index contributed by atoms with van der Waals surface area (Å²) in [5.74, 6) is 0. The highest BCUT2D eigenvalue weighted by Gasteiger charge is 2.26. The quantitative estimate of drug-likeness (QED) is 0.608. The standard InChI is InChI=1S/C9H16O3/c1-2-7(10)9(11)8-5-3-4-6-12-8/h2,7-11H,1,3-6H2. The van der Waals surface area contributed by atoms with Crippen molar-refractivity contribution in [2.24, 2.45) is 0 Å². The lowest BCUT2D eigenvalue weighted by Crippen LogP contribution is -2.39. The summed E-state index contributed by atoms with van der Waals surface area (Å²) < 4.78 is 5.30. The number of aliphatic hydroxyl groups is 2. The largest absolute Gasteiger partial charge is 0.387 e. The third-order valence-electron chi connectivity index (χ3n) is 2.19. The Bertz CT molecular complexity index is 141. The maximum atomic E-state index is 9.50. The van der Waals surface area contributed by atoms with Crippen molar-refractivity contribution in [3.63, 3.8) is 0 Å². The molecule has 1 saturated heterocycles. The highest BCUT2D eigenvalue weighted by atomic mass is 16.5. The van der Waals surface area contributed by atoms with E-state index in [4.69, 9.17) is 4.74 Å². The van der Waals surface area contributed by atoms with Gasteiger partial charge in [0.1, 0.15) is 12.2 Å². The second-order valence-electron chi connectivity index (χ2n) is 3.12. The van der Waals surface area contributed by atoms with E-state index >= 15 is 0 Å². The van der Waals surface area contributed by atoms with Gasteiger partial charge in [0.25, 0.3) is 0 Å². The van der Waals surface area contributed by atoms with E-state index < -0.39 is 12.2 Å². The molecule has 1 fully saturated rings. The van der Waals surface area contributed by atoms with Gasteiger partial charge in [0.05, 0.1) is 6.10 Å². The van der Waals surface area contributed by atoms with Gasteiger partial charge in [0.2, 0.25) is 0 Å². The van der Waals surface area contributed by atoms with Crippen LogP contribution in [0.5, 0.6) is 0 Å². The lowest BCUT2D eigenvalue weighted by molar-refractivity contribution is -0.0946. The fourth-order valence-corrected chi connectivity index (χ4v) is 1.39. The van der Waals surface area contributed by atoms with Gasteiger partial charge >= 0.3 is 0 Å². The van der Waals surface area contributed by atoms with Crippen molar-refractivity contribution in [3.05, 3.63) is 12.7 Å². The van der Waals surface area contributed by atoms with Gasteiger partial charge < -0.3 is 14.9 Å². The average molecular weight is 172 g/mol. The predicted octanol–water partition coefficient (Wildman–Crippen LogP) is 0.463. The Morgan fingerprint density at radius 3 is 2.67 bits per heavy atom. The first-order chi connectivity index (χ1) is 5.75. The van der Waals surface area contributed by atoms with E-state index in [0.29, 0.717) is 6.61 Å². The van der Waals surface area contributed by atoms with Gasteiger partial charge in [-0.05, 0) is 19.3 Å². The molecule has 12 heavy (non-hydrogen) atoms. The fourth-order valence-electron chi connectivity index (χ4n) is 1.39. The third-order valence-corrected chi connectivity index (χ3v) is 2.19. The number of ether oxygens (including phenoxy) is 1. The summed E-state index contributed by atoms with van der Waals surface area (Å²) in [7, 11) is 0. The minimum atomic E-state index is -0.868. The van der Waals surface area contributed by atoms with Crippen LogP contribution in [0.25, 0.3) is 0 Å². The minimum absolute atomic E-state index is 0.216. The summed E-state index contributed by atoms with van der Waals surface area (Å²) in [6.07, 6.45) is 2.37. The zero-order valence-corrected chi connectivity index (χ0v) is 7.15. The molecule has 3 atom stereocenters. The Morgan fingerprint density at radius 1 is 1.42 bits per heavy atom. The molecule has 3 heteroatoms. The second-order valence-corrected chi connectivity index (χ2v) is 3.12. The molecule has 1 aliphatic heterocycles. The van der Waals surface area contributed by atoms with Gasteiger partial charge in [0.15, 0.2) is 0 Å². The van der Waals surface area contributed by atoms with E-state index in [2.05, 4.69) is 6.58 Å². The molecule has 1 rings (SSSR count). The van der Waals surface area contributed by atoms with Gasteiger partial charge in [-0.3, -0.25) is 0 Å². The molecular weight excluding hydrogens is 156 g/mol. The van der Waals surface area contributed by atoms with Crippen molar-refractivity contribution in [3.8, 4) is 0 Å². The highest BCUT2D eigenvalue weighted by molar-refractivity contribution is 4.89. The Hall–Kier alpha value is -0.380. The van der Waals surface area contributed by atoms with Crippen LogP contribution < -0.4 is 0 Å². The smallest absolute Gasteiger partial charge is 0.110 e. The summed E-state index contributed by atoms with van der Waals surface area (Å²) in [5, 5.41) is 18.7. The molecule has 0 saturated carbocycles. The monoisotopic (exact) mass is 172 g/mol. The molecule has 70 valence electrons. The van der Waals surface area contributed by atoms with Crippen molar-refractivity contribution in [1.29, 1.82) is 0 Å². The van der Waals surface area contributed by atoms with Gasteiger partial charge in [-0.2, -0.15) is 0 Å². The van der Waals surface area contributed by atoms with Crippen molar-refractivity contribution in [2.45, 2.75) is 37.6 Å². The van der Waals surface area contributed by atoms with E-state index in [-0.39, 0.29) is 6.10 Å². The van der Waals surface area contributed by atoms with E-state index in [1.165, 1.54) is 6.08 Å². The molecule has 2 N–H and O–H groups in total.